The summed E-state index contributed by atoms with van der Waals surface area (Å²) in [5.41, 5.74) is 1.73. The topological polar surface area (TPSA) is 29.5 Å². The molecular formula is C15H16BNO2. The van der Waals surface area contributed by atoms with E-state index < -0.39 is 0 Å². The van der Waals surface area contributed by atoms with Gasteiger partial charge in [0.2, 0.25) is 0 Å². The van der Waals surface area contributed by atoms with Crippen LogP contribution < -0.4 is 10.2 Å². The summed E-state index contributed by atoms with van der Waals surface area (Å²) < 4.78 is 5.79. The van der Waals surface area contributed by atoms with Crippen molar-refractivity contribution in [3.8, 4) is 11.5 Å². The molecule has 0 saturated carbocycles. The lowest BCUT2D eigenvalue weighted by molar-refractivity contribution is 0.0825. The minimum Gasteiger partial charge on any atom is -0.457 e. The zero-order chi connectivity index (χ0) is 13.8. The standard InChI is InChI=1S/C15H16BNO2/c1-17(2)15(18)13-5-3-4-6-14(13)19-12-9-7-11(16)8-10-12/h3-10H,16H2,1-2H3. The van der Waals surface area contributed by atoms with Gasteiger partial charge < -0.3 is 9.64 Å². The van der Waals surface area contributed by atoms with Gasteiger partial charge in [0.05, 0.1) is 5.56 Å². The average molecular weight is 253 g/mol. The van der Waals surface area contributed by atoms with E-state index in [1.165, 1.54) is 10.4 Å². The Kier molecular flexibility index (Phi) is 3.90. The highest BCUT2D eigenvalue weighted by Gasteiger charge is 2.14. The predicted octanol–water partition coefficient (Wildman–Crippen LogP) is 1.44. The van der Waals surface area contributed by atoms with Crippen LogP contribution in [-0.4, -0.2) is 32.7 Å². The highest BCUT2D eigenvalue weighted by molar-refractivity contribution is 6.32. The van der Waals surface area contributed by atoms with E-state index in [0.29, 0.717) is 11.3 Å². The smallest absolute Gasteiger partial charge is 0.257 e. The molecule has 2 rings (SSSR count). The van der Waals surface area contributed by atoms with Crippen molar-refractivity contribution in [3.63, 3.8) is 0 Å². The molecule has 0 saturated heterocycles. The van der Waals surface area contributed by atoms with Crippen LogP contribution in [0.4, 0.5) is 0 Å². The second kappa shape index (κ2) is 5.61. The van der Waals surface area contributed by atoms with Crippen molar-refractivity contribution in [3.05, 3.63) is 54.1 Å². The third-order valence-electron chi connectivity index (χ3n) is 2.77. The van der Waals surface area contributed by atoms with Crippen molar-refractivity contribution in [2.45, 2.75) is 0 Å². The van der Waals surface area contributed by atoms with Crippen LogP contribution in [0, 0.1) is 0 Å². The fourth-order valence-electron chi connectivity index (χ4n) is 1.71. The molecule has 0 fully saturated rings. The molecule has 19 heavy (non-hydrogen) atoms. The molecule has 1 amide bonds. The lowest BCUT2D eigenvalue weighted by Crippen LogP contribution is -2.22. The monoisotopic (exact) mass is 253 g/mol. The fourth-order valence-corrected chi connectivity index (χ4v) is 1.71. The summed E-state index contributed by atoms with van der Waals surface area (Å²) >= 11 is 0. The van der Waals surface area contributed by atoms with Crippen LogP contribution in [0.1, 0.15) is 10.4 Å². The first-order valence-corrected chi connectivity index (χ1v) is 6.13. The van der Waals surface area contributed by atoms with E-state index in [2.05, 4.69) is 0 Å². The number of ether oxygens (including phenoxy) is 1. The summed E-state index contributed by atoms with van der Waals surface area (Å²) in [7, 11) is 5.48. The lowest BCUT2D eigenvalue weighted by atomic mass is 9.97. The molecule has 3 nitrogen and oxygen atoms in total. The molecule has 0 N–H and O–H groups in total. The summed E-state index contributed by atoms with van der Waals surface area (Å²) in [6, 6.07) is 15.0. The zero-order valence-electron chi connectivity index (χ0n) is 11.4. The maximum Gasteiger partial charge on any atom is 0.257 e. The quantitative estimate of drug-likeness (QED) is 0.774. The van der Waals surface area contributed by atoms with Gasteiger partial charge >= 0.3 is 0 Å². The van der Waals surface area contributed by atoms with Crippen LogP contribution in [0.25, 0.3) is 0 Å². The number of nitrogens with zero attached hydrogens (tertiary/aromatic N) is 1. The van der Waals surface area contributed by atoms with Crippen molar-refractivity contribution in [1.82, 2.24) is 4.90 Å². The summed E-state index contributed by atoms with van der Waals surface area (Å²) in [6.07, 6.45) is 0. The van der Waals surface area contributed by atoms with Crippen molar-refractivity contribution >= 4 is 19.2 Å². The summed E-state index contributed by atoms with van der Waals surface area (Å²) in [5.74, 6) is 1.23. The molecule has 0 bridgehead atoms. The molecule has 0 radical (unpaired) electrons. The van der Waals surface area contributed by atoms with Crippen LogP contribution in [-0.2, 0) is 0 Å². The highest BCUT2D eigenvalue weighted by Crippen LogP contribution is 2.25. The van der Waals surface area contributed by atoms with E-state index >= 15 is 0 Å². The van der Waals surface area contributed by atoms with Gasteiger partial charge in [0.25, 0.3) is 5.91 Å². The van der Waals surface area contributed by atoms with Crippen LogP contribution in [0.3, 0.4) is 0 Å². The van der Waals surface area contributed by atoms with Crippen molar-refractivity contribution < 1.29 is 9.53 Å². The molecule has 2 aromatic carbocycles. The van der Waals surface area contributed by atoms with E-state index in [-0.39, 0.29) is 5.91 Å². The molecule has 0 unspecified atom stereocenters. The Hall–Kier alpha value is -2.23. The van der Waals surface area contributed by atoms with Gasteiger partial charge in [-0.3, -0.25) is 4.79 Å². The van der Waals surface area contributed by atoms with E-state index in [1.54, 1.807) is 26.2 Å². The Bertz CT molecular complexity index is 579. The number of hydrogen-bond donors (Lipinski definition) is 0. The second-order valence-corrected chi connectivity index (χ2v) is 4.61. The molecule has 0 aliphatic rings. The van der Waals surface area contributed by atoms with Crippen LogP contribution in [0.15, 0.2) is 48.5 Å². The normalized spacial score (nSPS) is 10.0. The van der Waals surface area contributed by atoms with E-state index in [0.717, 1.165) is 5.75 Å². The Balaban J connectivity index is 2.30. The van der Waals surface area contributed by atoms with Crippen molar-refractivity contribution in [1.29, 1.82) is 0 Å². The maximum absolute atomic E-state index is 12.1. The SMILES string of the molecule is Bc1ccc(Oc2ccccc2C(=O)N(C)C)cc1. The van der Waals surface area contributed by atoms with Gasteiger partial charge in [-0.1, -0.05) is 29.7 Å². The van der Waals surface area contributed by atoms with Gasteiger partial charge in [0, 0.05) is 14.1 Å². The molecule has 96 valence electrons. The number of carbonyl (C=O) groups excluding carboxylic acids is 1. The largest absolute Gasteiger partial charge is 0.457 e. The Morgan fingerprint density at radius 2 is 1.68 bits per heavy atom. The van der Waals surface area contributed by atoms with Crippen molar-refractivity contribution in [2.75, 3.05) is 14.1 Å². The molecule has 0 spiro atoms. The minimum atomic E-state index is -0.0669. The first-order chi connectivity index (χ1) is 9.08. The van der Waals surface area contributed by atoms with Gasteiger partial charge in [-0.2, -0.15) is 0 Å². The Labute approximate surface area is 114 Å². The van der Waals surface area contributed by atoms with Gasteiger partial charge in [0.1, 0.15) is 19.3 Å². The maximum atomic E-state index is 12.1. The average Bonchev–Trinajstić information content (AvgIpc) is 2.41. The molecule has 4 heteroatoms. The number of amides is 1. The predicted molar refractivity (Wildman–Crippen MR) is 79.2 cm³/mol. The molecule has 0 aliphatic carbocycles. The lowest BCUT2D eigenvalue weighted by Gasteiger charge is -2.14. The Morgan fingerprint density at radius 3 is 2.32 bits per heavy atom. The number of benzene rings is 2. The number of hydrogen-bond acceptors (Lipinski definition) is 2. The summed E-state index contributed by atoms with van der Waals surface area (Å²) in [6.45, 7) is 0. The van der Waals surface area contributed by atoms with Gasteiger partial charge in [-0.25, -0.2) is 0 Å². The summed E-state index contributed by atoms with van der Waals surface area (Å²) in [4.78, 5) is 13.6. The zero-order valence-corrected chi connectivity index (χ0v) is 11.4. The molecule has 0 aromatic heterocycles. The third kappa shape index (κ3) is 3.16. The first kappa shape index (κ1) is 13.2. The molecule has 0 heterocycles. The van der Waals surface area contributed by atoms with Gasteiger partial charge in [-0.05, 0) is 24.3 Å². The van der Waals surface area contributed by atoms with Gasteiger partial charge in [-0.15, -0.1) is 0 Å². The van der Waals surface area contributed by atoms with Gasteiger partial charge in [0.15, 0.2) is 0 Å². The van der Waals surface area contributed by atoms with E-state index in [4.69, 9.17) is 4.74 Å². The summed E-state index contributed by atoms with van der Waals surface area (Å²) in [5, 5.41) is 0. The Morgan fingerprint density at radius 1 is 1.05 bits per heavy atom. The fraction of sp³-hybridized carbons (Fsp3) is 0.133. The molecular weight excluding hydrogens is 237 g/mol. The van der Waals surface area contributed by atoms with E-state index in [1.807, 2.05) is 44.2 Å². The number of para-hydroxylation sites is 1. The highest BCUT2D eigenvalue weighted by atomic mass is 16.5. The van der Waals surface area contributed by atoms with Crippen molar-refractivity contribution in [2.24, 2.45) is 0 Å². The second-order valence-electron chi connectivity index (χ2n) is 4.61. The number of rotatable bonds is 3. The van der Waals surface area contributed by atoms with Crippen LogP contribution in [0.5, 0.6) is 11.5 Å². The molecule has 2 aromatic rings. The molecule has 0 atom stereocenters. The molecule has 0 aliphatic heterocycles. The number of carbonyl (C=O) groups is 1. The minimum absolute atomic E-state index is 0.0669. The van der Waals surface area contributed by atoms with Crippen LogP contribution in [0.2, 0.25) is 0 Å². The first-order valence-electron chi connectivity index (χ1n) is 6.13. The van der Waals surface area contributed by atoms with Crippen LogP contribution >= 0.6 is 0 Å². The van der Waals surface area contributed by atoms with E-state index in [9.17, 15) is 4.79 Å². The third-order valence-corrected chi connectivity index (χ3v) is 2.77.